The first-order valence-electron chi connectivity index (χ1n) is 9.84. The molecule has 27 heavy (non-hydrogen) atoms. The molecule has 6 nitrogen and oxygen atoms in total. The third-order valence-corrected chi connectivity index (χ3v) is 4.74. The van der Waals surface area contributed by atoms with Gasteiger partial charge in [-0.2, -0.15) is 0 Å². The molecule has 1 aromatic carbocycles. The number of rotatable bonds is 8. The zero-order valence-electron chi connectivity index (χ0n) is 17.2. The predicted molar refractivity (Wildman–Crippen MR) is 108 cm³/mol. The van der Waals surface area contributed by atoms with Crippen molar-refractivity contribution < 1.29 is 9.59 Å². The number of amides is 2. The molecule has 1 N–H and O–H groups in total. The standard InChI is InChI=1S/C21H34N4O2/c1-17(2)13-22-20(26)15-23(4)16-21(27)25-10-8-24(9-11-25)14-19-7-5-6-18(3)12-19/h5-7,12,17H,8-11,13-16H2,1-4H3,(H,22,26). The van der Waals surface area contributed by atoms with Crippen LogP contribution in [0.5, 0.6) is 0 Å². The lowest BCUT2D eigenvalue weighted by Crippen LogP contribution is -2.51. The van der Waals surface area contributed by atoms with Crippen molar-refractivity contribution in [2.24, 2.45) is 5.92 Å². The molecular weight excluding hydrogens is 340 g/mol. The van der Waals surface area contributed by atoms with Gasteiger partial charge in [0.15, 0.2) is 0 Å². The Kier molecular flexibility index (Phi) is 8.25. The van der Waals surface area contributed by atoms with E-state index in [9.17, 15) is 9.59 Å². The van der Waals surface area contributed by atoms with Crippen molar-refractivity contribution >= 4 is 11.8 Å². The van der Waals surface area contributed by atoms with Crippen LogP contribution in [0.25, 0.3) is 0 Å². The summed E-state index contributed by atoms with van der Waals surface area (Å²) in [7, 11) is 1.82. The number of nitrogens with one attached hydrogen (secondary N) is 1. The van der Waals surface area contributed by atoms with Gasteiger partial charge in [0.05, 0.1) is 13.1 Å². The summed E-state index contributed by atoms with van der Waals surface area (Å²) in [5.74, 6) is 0.503. The topological polar surface area (TPSA) is 55.9 Å². The fourth-order valence-electron chi connectivity index (χ4n) is 3.23. The molecule has 0 atom stereocenters. The lowest BCUT2D eigenvalue weighted by atomic mass is 10.1. The molecule has 0 spiro atoms. The third kappa shape index (κ3) is 7.69. The lowest BCUT2D eigenvalue weighted by Gasteiger charge is -2.35. The summed E-state index contributed by atoms with van der Waals surface area (Å²) in [6.45, 7) is 11.6. The highest BCUT2D eigenvalue weighted by Gasteiger charge is 2.22. The van der Waals surface area contributed by atoms with Crippen LogP contribution >= 0.6 is 0 Å². The number of piperazine rings is 1. The molecule has 1 heterocycles. The second kappa shape index (κ2) is 10.4. The summed E-state index contributed by atoms with van der Waals surface area (Å²) in [6.07, 6.45) is 0. The summed E-state index contributed by atoms with van der Waals surface area (Å²) in [5, 5.41) is 2.89. The van der Waals surface area contributed by atoms with Crippen LogP contribution in [0.4, 0.5) is 0 Å². The average molecular weight is 375 g/mol. The molecule has 1 fully saturated rings. The van der Waals surface area contributed by atoms with Crippen LogP contribution in [0, 0.1) is 12.8 Å². The van der Waals surface area contributed by atoms with Crippen molar-refractivity contribution in [3.63, 3.8) is 0 Å². The minimum atomic E-state index is -0.0260. The second-order valence-corrected chi connectivity index (χ2v) is 8.02. The van der Waals surface area contributed by atoms with Gasteiger partial charge in [-0.05, 0) is 25.5 Å². The Morgan fingerprint density at radius 2 is 1.85 bits per heavy atom. The van der Waals surface area contributed by atoms with E-state index < -0.39 is 0 Å². The monoisotopic (exact) mass is 374 g/mol. The van der Waals surface area contributed by atoms with E-state index in [4.69, 9.17) is 0 Å². The first-order chi connectivity index (χ1) is 12.8. The molecule has 2 rings (SSSR count). The highest BCUT2D eigenvalue weighted by molar-refractivity contribution is 5.81. The number of carbonyl (C=O) groups is 2. The van der Waals surface area contributed by atoms with Gasteiger partial charge in [-0.1, -0.05) is 43.7 Å². The predicted octanol–water partition coefficient (Wildman–Crippen LogP) is 1.34. The van der Waals surface area contributed by atoms with Gasteiger partial charge < -0.3 is 10.2 Å². The number of benzene rings is 1. The zero-order chi connectivity index (χ0) is 19.8. The smallest absolute Gasteiger partial charge is 0.236 e. The van der Waals surface area contributed by atoms with E-state index in [2.05, 4.69) is 55.3 Å². The Morgan fingerprint density at radius 3 is 2.48 bits per heavy atom. The van der Waals surface area contributed by atoms with Crippen LogP contribution < -0.4 is 5.32 Å². The Bertz CT molecular complexity index is 624. The number of likely N-dealkylation sites (N-methyl/N-ethyl adjacent to an activating group) is 1. The van der Waals surface area contributed by atoms with E-state index >= 15 is 0 Å². The van der Waals surface area contributed by atoms with E-state index in [1.54, 1.807) is 4.90 Å². The first-order valence-corrected chi connectivity index (χ1v) is 9.84. The fraction of sp³-hybridized carbons (Fsp3) is 0.619. The minimum absolute atomic E-state index is 0.0260. The molecule has 0 saturated carbocycles. The van der Waals surface area contributed by atoms with Gasteiger partial charge >= 0.3 is 0 Å². The van der Waals surface area contributed by atoms with E-state index in [1.807, 2.05) is 11.9 Å². The van der Waals surface area contributed by atoms with Gasteiger partial charge in [0.1, 0.15) is 0 Å². The highest BCUT2D eigenvalue weighted by Crippen LogP contribution is 2.10. The van der Waals surface area contributed by atoms with Crippen LogP contribution in [-0.4, -0.2) is 79.4 Å². The lowest BCUT2D eigenvalue weighted by molar-refractivity contribution is -0.134. The van der Waals surface area contributed by atoms with Gasteiger partial charge in [0.25, 0.3) is 0 Å². The van der Waals surface area contributed by atoms with Crippen molar-refractivity contribution in [3.8, 4) is 0 Å². The molecule has 0 aliphatic carbocycles. The van der Waals surface area contributed by atoms with Crippen LogP contribution in [-0.2, 0) is 16.1 Å². The maximum Gasteiger partial charge on any atom is 0.236 e. The number of nitrogens with zero attached hydrogens (tertiary/aromatic N) is 3. The summed E-state index contributed by atoms with van der Waals surface area (Å²) >= 11 is 0. The van der Waals surface area contributed by atoms with Crippen LogP contribution in [0.2, 0.25) is 0 Å². The number of hydrogen-bond acceptors (Lipinski definition) is 4. The van der Waals surface area contributed by atoms with Crippen molar-refractivity contribution in [2.45, 2.75) is 27.3 Å². The Hall–Kier alpha value is -1.92. The first kappa shape index (κ1) is 21.4. The Labute approximate surface area is 163 Å². The molecule has 1 aromatic rings. The fourth-order valence-corrected chi connectivity index (χ4v) is 3.23. The molecule has 0 radical (unpaired) electrons. The third-order valence-electron chi connectivity index (χ3n) is 4.74. The van der Waals surface area contributed by atoms with Crippen LogP contribution in [0.3, 0.4) is 0 Å². The summed E-state index contributed by atoms with van der Waals surface area (Å²) in [6, 6.07) is 8.58. The maximum atomic E-state index is 12.5. The summed E-state index contributed by atoms with van der Waals surface area (Å²) in [4.78, 5) is 30.5. The molecule has 1 aliphatic rings. The van der Waals surface area contributed by atoms with Crippen molar-refractivity contribution in [1.82, 2.24) is 20.0 Å². The van der Waals surface area contributed by atoms with Crippen molar-refractivity contribution in [3.05, 3.63) is 35.4 Å². The molecule has 1 saturated heterocycles. The van der Waals surface area contributed by atoms with Gasteiger partial charge in [0.2, 0.25) is 11.8 Å². The van der Waals surface area contributed by atoms with Gasteiger partial charge in [-0.3, -0.25) is 19.4 Å². The highest BCUT2D eigenvalue weighted by atomic mass is 16.2. The van der Waals surface area contributed by atoms with E-state index in [0.717, 1.165) is 32.7 Å². The second-order valence-electron chi connectivity index (χ2n) is 8.02. The molecule has 0 unspecified atom stereocenters. The van der Waals surface area contributed by atoms with Crippen LogP contribution in [0.1, 0.15) is 25.0 Å². The molecular formula is C21H34N4O2. The van der Waals surface area contributed by atoms with Gasteiger partial charge in [0, 0.05) is 39.3 Å². The van der Waals surface area contributed by atoms with E-state index in [1.165, 1.54) is 11.1 Å². The molecule has 0 bridgehead atoms. The summed E-state index contributed by atoms with van der Waals surface area (Å²) < 4.78 is 0. The Balaban J connectivity index is 1.70. The molecule has 2 amide bonds. The average Bonchev–Trinajstić information content (AvgIpc) is 2.60. The largest absolute Gasteiger partial charge is 0.355 e. The van der Waals surface area contributed by atoms with E-state index in [0.29, 0.717) is 12.5 Å². The number of hydrogen-bond donors (Lipinski definition) is 1. The van der Waals surface area contributed by atoms with Crippen LogP contribution in [0.15, 0.2) is 24.3 Å². The number of aryl methyl sites for hydroxylation is 1. The van der Waals surface area contributed by atoms with Crippen molar-refractivity contribution in [2.75, 3.05) is 52.9 Å². The zero-order valence-corrected chi connectivity index (χ0v) is 17.2. The quantitative estimate of drug-likeness (QED) is 0.746. The van der Waals surface area contributed by atoms with Gasteiger partial charge in [-0.15, -0.1) is 0 Å². The SMILES string of the molecule is Cc1cccc(CN2CCN(C(=O)CN(C)CC(=O)NCC(C)C)CC2)c1. The van der Waals surface area contributed by atoms with Crippen molar-refractivity contribution in [1.29, 1.82) is 0 Å². The summed E-state index contributed by atoms with van der Waals surface area (Å²) in [5.41, 5.74) is 2.60. The Morgan fingerprint density at radius 1 is 1.15 bits per heavy atom. The molecule has 0 aromatic heterocycles. The number of carbonyl (C=O) groups excluding carboxylic acids is 2. The van der Waals surface area contributed by atoms with E-state index in [-0.39, 0.29) is 24.9 Å². The van der Waals surface area contributed by atoms with Gasteiger partial charge in [-0.25, -0.2) is 0 Å². The molecule has 6 heteroatoms. The maximum absolute atomic E-state index is 12.5. The minimum Gasteiger partial charge on any atom is -0.355 e. The molecule has 150 valence electrons. The molecule has 1 aliphatic heterocycles. The normalized spacial score (nSPS) is 15.4.